The van der Waals surface area contributed by atoms with Gasteiger partial charge in [-0.3, -0.25) is 9.58 Å². The van der Waals surface area contributed by atoms with Crippen LogP contribution in [0, 0.1) is 32.5 Å². The Bertz CT molecular complexity index is 1320. The molecule has 3 heterocycles. The van der Waals surface area contributed by atoms with Crippen LogP contribution in [0.3, 0.4) is 0 Å². The van der Waals surface area contributed by atoms with Crippen LogP contribution in [0.1, 0.15) is 33.9 Å². The van der Waals surface area contributed by atoms with Crippen molar-refractivity contribution >= 4 is 29.6 Å². The predicted octanol–water partition coefficient (Wildman–Crippen LogP) is 4.48. The SMILES string of the molecule is Cc1cc(C)n2c(n1)nc(=S)n2CN(C)Cc1c(C)nn(Cc2ccccc2Cl)c1C. The van der Waals surface area contributed by atoms with Crippen LogP contribution in [-0.2, 0) is 19.8 Å². The minimum atomic E-state index is 0.524. The van der Waals surface area contributed by atoms with Crippen LogP contribution in [0.4, 0.5) is 0 Å². The van der Waals surface area contributed by atoms with Crippen molar-refractivity contribution < 1.29 is 0 Å². The summed E-state index contributed by atoms with van der Waals surface area (Å²) in [4.78, 5) is 11.2. The molecule has 4 rings (SSSR count). The van der Waals surface area contributed by atoms with Crippen LogP contribution in [0.25, 0.3) is 5.78 Å². The molecule has 0 amide bonds. The van der Waals surface area contributed by atoms with Gasteiger partial charge in [-0.1, -0.05) is 29.8 Å². The molecule has 0 atom stereocenters. The molecule has 0 bridgehead atoms. The quantitative estimate of drug-likeness (QED) is 0.401. The van der Waals surface area contributed by atoms with E-state index >= 15 is 0 Å². The van der Waals surface area contributed by atoms with Crippen molar-refractivity contribution in [3.63, 3.8) is 0 Å². The largest absolute Gasteiger partial charge is 0.283 e. The number of rotatable bonds is 6. The first-order chi connectivity index (χ1) is 14.7. The molecule has 0 saturated heterocycles. The van der Waals surface area contributed by atoms with Crippen LogP contribution < -0.4 is 0 Å². The fourth-order valence-electron chi connectivity index (χ4n) is 3.94. The summed E-state index contributed by atoms with van der Waals surface area (Å²) in [5.41, 5.74) is 6.42. The zero-order chi connectivity index (χ0) is 22.3. The molecule has 162 valence electrons. The van der Waals surface area contributed by atoms with E-state index in [0.29, 0.717) is 23.8 Å². The van der Waals surface area contributed by atoms with Crippen molar-refractivity contribution in [3.8, 4) is 0 Å². The number of halogens is 1. The van der Waals surface area contributed by atoms with E-state index in [1.165, 1.54) is 5.56 Å². The number of hydrogen-bond acceptors (Lipinski definition) is 5. The van der Waals surface area contributed by atoms with E-state index in [9.17, 15) is 0 Å². The maximum absolute atomic E-state index is 6.35. The van der Waals surface area contributed by atoms with Crippen LogP contribution in [0.15, 0.2) is 30.3 Å². The van der Waals surface area contributed by atoms with Crippen molar-refractivity contribution in [1.29, 1.82) is 0 Å². The van der Waals surface area contributed by atoms with Crippen LogP contribution in [0.5, 0.6) is 0 Å². The lowest BCUT2D eigenvalue weighted by Crippen LogP contribution is -2.25. The molecular formula is C22H26ClN7S. The third-order valence-corrected chi connectivity index (χ3v) is 6.16. The third-order valence-electron chi connectivity index (χ3n) is 5.49. The third kappa shape index (κ3) is 4.28. The molecule has 4 aromatic rings. The lowest BCUT2D eigenvalue weighted by molar-refractivity contribution is 0.237. The molecule has 0 aliphatic rings. The van der Waals surface area contributed by atoms with Crippen molar-refractivity contribution in [2.24, 2.45) is 0 Å². The van der Waals surface area contributed by atoms with Crippen LogP contribution in [-0.4, -0.2) is 40.9 Å². The van der Waals surface area contributed by atoms with Crippen LogP contribution in [0.2, 0.25) is 5.02 Å². The molecule has 0 spiro atoms. The van der Waals surface area contributed by atoms with Gasteiger partial charge in [0.15, 0.2) is 0 Å². The van der Waals surface area contributed by atoms with Crippen molar-refractivity contribution in [2.75, 3.05) is 7.05 Å². The molecule has 3 aromatic heterocycles. The summed E-state index contributed by atoms with van der Waals surface area (Å²) in [6, 6.07) is 9.92. The number of fused-ring (bicyclic) bond motifs is 1. The van der Waals surface area contributed by atoms with E-state index in [0.717, 1.165) is 39.9 Å². The van der Waals surface area contributed by atoms with Gasteiger partial charge in [-0.25, -0.2) is 14.2 Å². The van der Waals surface area contributed by atoms with E-state index in [-0.39, 0.29) is 0 Å². The minimum absolute atomic E-state index is 0.524. The summed E-state index contributed by atoms with van der Waals surface area (Å²) in [6.07, 6.45) is 0. The summed E-state index contributed by atoms with van der Waals surface area (Å²) in [5.74, 6) is 0.635. The second kappa shape index (κ2) is 8.53. The molecule has 0 fully saturated rings. The summed E-state index contributed by atoms with van der Waals surface area (Å²) in [7, 11) is 2.07. The molecule has 7 nitrogen and oxygen atoms in total. The highest BCUT2D eigenvalue weighted by molar-refractivity contribution is 7.71. The Morgan fingerprint density at radius 3 is 2.58 bits per heavy atom. The molecule has 0 N–H and O–H groups in total. The Morgan fingerprint density at radius 2 is 1.84 bits per heavy atom. The lowest BCUT2D eigenvalue weighted by atomic mass is 10.2. The normalized spacial score (nSPS) is 11.7. The highest BCUT2D eigenvalue weighted by atomic mass is 35.5. The average Bonchev–Trinajstić information content (AvgIpc) is 3.14. The van der Waals surface area contributed by atoms with Gasteiger partial charge in [-0.05, 0) is 64.7 Å². The standard InChI is InChI=1S/C22H26ClN7S/c1-14-10-15(2)30-21(24-14)25-22(31)29(30)13-27(5)12-19-16(3)26-28(17(19)4)11-18-8-6-7-9-20(18)23/h6-10H,11-13H2,1-5H3. The van der Waals surface area contributed by atoms with Crippen LogP contribution >= 0.6 is 23.8 Å². The molecule has 0 saturated carbocycles. The van der Waals surface area contributed by atoms with Gasteiger partial charge >= 0.3 is 0 Å². The Balaban J connectivity index is 1.57. The number of aromatic nitrogens is 6. The van der Waals surface area contributed by atoms with E-state index in [1.807, 2.05) is 58.1 Å². The van der Waals surface area contributed by atoms with Gasteiger partial charge in [0.1, 0.15) is 0 Å². The van der Waals surface area contributed by atoms with Gasteiger partial charge in [0.05, 0.1) is 18.9 Å². The monoisotopic (exact) mass is 455 g/mol. The summed E-state index contributed by atoms with van der Waals surface area (Å²) in [5, 5.41) is 5.52. The zero-order valence-corrected chi connectivity index (χ0v) is 20.0. The van der Waals surface area contributed by atoms with Gasteiger partial charge in [-0.15, -0.1) is 0 Å². The highest BCUT2D eigenvalue weighted by Crippen LogP contribution is 2.20. The summed E-state index contributed by atoms with van der Waals surface area (Å²) >= 11 is 11.9. The Morgan fingerprint density at radius 1 is 1.10 bits per heavy atom. The van der Waals surface area contributed by atoms with E-state index in [4.69, 9.17) is 28.9 Å². The second-order valence-electron chi connectivity index (χ2n) is 8.00. The second-order valence-corrected chi connectivity index (χ2v) is 8.77. The molecule has 1 aromatic carbocycles. The molecule has 0 aliphatic heterocycles. The summed E-state index contributed by atoms with van der Waals surface area (Å²) < 4.78 is 6.50. The first-order valence-corrected chi connectivity index (χ1v) is 10.9. The molecule has 0 unspecified atom stereocenters. The topological polar surface area (TPSA) is 56.2 Å². The fourth-order valence-corrected chi connectivity index (χ4v) is 4.35. The highest BCUT2D eigenvalue weighted by Gasteiger charge is 2.16. The van der Waals surface area contributed by atoms with E-state index in [2.05, 4.69) is 35.8 Å². The Kier molecular flexibility index (Phi) is 5.96. The molecule has 0 aliphatic carbocycles. The molecule has 0 radical (unpaired) electrons. The first-order valence-electron chi connectivity index (χ1n) is 10.1. The van der Waals surface area contributed by atoms with Crippen molar-refractivity contribution in [3.05, 3.63) is 74.0 Å². The average molecular weight is 456 g/mol. The maximum Gasteiger partial charge on any atom is 0.252 e. The predicted molar refractivity (Wildman–Crippen MR) is 125 cm³/mol. The van der Waals surface area contributed by atoms with Gasteiger partial charge < -0.3 is 0 Å². The Labute approximate surface area is 191 Å². The molecular weight excluding hydrogens is 430 g/mol. The van der Waals surface area contributed by atoms with Gasteiger partial charge in [0.25, 0.3) is 5.78 Å². The molecule has 9 heteroatoms. The minimum Gasteiger partial charge on any atom is -0.283 e. The van der Waals surface area contributed by atoms with E-state index in [1.54, 1.807) is 0 Å². The van der Waals surface area contributed by atoms with Crippen molar-refractivity contribution in [2.45, 2.75) is 47.5 Å². The maximum atomic E-state index is 6.35. The van der Waals surface area contributed by atoms with Crippen molar-refractivity contribution in [1.82, 2.24) is 33.8 Å². The smallest absolute Gasteiger partial charge is 0.252 e. The number of aryl methyl sites for hydroxylation is 3. The first kappa shape index (κ1) is 21.7. The summed E-state index contributed by atoms with van der Waals surface area (Å²) in [6.45, 7) is 10.2. The number of hydrogen-bond donors (Lipinski definition) is 0. The molecule has 31 heavy (non-hydrogen) atoms. The van der Waals surface area contributed by atoms with Gasteiger partial charge in [-0.2, -0.15) is 10.1 Å². The zero-order valence-electron chi connectivity index (χ0n) is 18.4. The number of benzene rings is 1. The van der Waals surface area contributed by atoms with E-state index < -0.39 is 0 Å². The number of nitrogens with zero attached hydrogens (tertiary/aromatic N) is 7. The van der Waals surface area contributed by atoms with Gasteiger partial charge in [0.2, 0.25) is 4.77 Å². The van der Waals surface area contributed by atoms with Gasteiger partial charge in [0, 0.05) is 34.2 Å². The fraction of sp³-hybridized carbons (Fsp3) is 0.364. The Hall–Kier alpha value is -2.55. The lowest BCUT2D eigenvalue weighted by Gasteiger charge is -2.19.